The molecule has 4 nitrogen and oxygen atoms in total. The van der Waals surface area contributed by atoms with Crippen LogP contribution in [0.2, 0.25) is 0 Å². The summed E-state index contributed by atoms with van der Waals surface area (Å²) in [5, 5.41) is 9.16. The van der Waals surface area contributed by atoms with Gasteiger partial charge in [0.15, 0.2) is 6.04 Å². The van der Waals surface area contributed by atoms with Crippen LogP contribution in [0.4, 0.5) is 4.39 Å². The predicted octanol–water partition coefficient (Wildman–Crippen LogP) is 1.57. The Morgan fingerprint density at radius 3 is 2.59 bits per heavy atom. The molecule has 17 heavy (non-hydrogen) atoms. The van der Waals surface area contributed by atoms with E-state index in [1.54, 1.807) is 6.07 Å². The van der Waals surface area contributed by atoms with E-state index in [1.807, 2.05) is 0 Å². The van der Waals surface area contributed by atoms with Crippen molar-refractivity contribution < 1.29 is 19.1 Å². The SMILES string of the molecule is O=CN(C1CC1)C(C(=O)O)c1ccccc1F. The Hall–Kier alpha value is -1.91. The van der Waals surface area contributed by atoms with E-state index in [4.69, 9.17) is 5.11 Å². The normalized spacial score (nSPS) is 16.3. The zero-order valence-corrected chi connectivity index (χ0v) is 9.04. The molecule has 0 spiro atoms. The van der Waals surface area contributed by atoms with Gasteiger partial charge < -0.3 is 10.0 Å². The van der Waals surface area contributed by atoms with Crippen LogP contribution in [0.1, 0.15) is 24.4 Å². The Morgan fingerprint density at radius 2 is 2.12 bits per heavy atom. The summed E-state index contributed by atoms with van der Waals surface area (Å²) < 4.78 is 13.6. The molecule has 1 aliphatic rings. The maximum absolute atomic E-state index is 13.6. The van der Waals surface area contributed by atoms with Gasteiger partial charge in [-0.2, -0.15) is 0 Å². The average molecular weight is 237 g/mol. The van der Waals surface area contributed by atoms with Crippen LogP contribution < -0.4 is 0 Å². The molecular formula is C12H12FNO3. The number of hydrogen-bond donors (Lipinski definition) is 1. The van der Waals surface area contributed by atoms with E-state index < -0.39 is 17.8 Å². The standard InChI is InChI=1S/C12H12FNO3/c13-10-4-2-1-3-9(10)11(12(16)17)14(7-15)8-5-6-8/h1-4,7-8,11H,5-6H2,(H,16,17). The van der Waals surface area contributed by atoms with Gasteiger partial charge in [-0.25, -0.2) is 9.18 Å². The Bertz CT molecular complexity index is 445. The summed E-state index contributed by atoms with van der Waals surface area (Å²) in [4.78, 5) is 23.4. The van der Waals surface area contributed by atoms with E-state index in [-0.39, 0.29) is 11.6 Å². The van der Waals surface area contributed by atoms with Gasteiger partial charge >= 0.3 is 5.97 Å². The van der Waals surface area contributed by atoms with Crippen molar-refractivity contribution in [3.63, 3.8) is 0 Å². The lowest BCUT2D eigenvalue weighted by atomic mass is 10.0. The van der Waals surface area contributed by atoms with Crippen molar-refractivity contribution in [2.75, 3.05) is 0 Å². The third-order valence-electron chi connectivity index (χ3n) is 2.82. The number of amides is 1. The van der Waals surface area contributed by atoms with Gasteiger partial charge in [-0.1, -0.05) is 18.2 Å². The fraction of sp³-hybridized carbons (Fsp3) is 0.333. The Kier molecular flexibility index (Phi) is 3.08. The zero-order chi connectivity index (χ0) is 12.4. The summed E-state index contributed by atoms with van der Waals surface area (Å²) >= 11 is 0. The molecule has 0 saturated heterocycles. The first-order valence-corrected chi connectivity index (χ1v) is 5.35. The number of hydrogen-bond acceptors (Lipinski definition) is 2. The van der Waals surface area contributed by atoms with E-state index >= 15 is 0 Å². The highest BCUT2D eigenvalue weighted by molar-refractivity contribution is 5.78. The minimum absolute atomic E-state index is 0.0269. The van der Waals surface area contributed by atoms with Gasteiger partial charge in [0, 0.05) is 11.6 Å². The number of halogens is 1. The molecule has 1 aromatic rings. The van der Waals surface area contributed by atoms with Crippen LogP contribution in [-0.4, -0.2) is 28.4 Å². The molecule has 5 heteroatoms. The van der Waals surface area contributed by atoms with Crippen LogP contribution in [0.25, 0.3) is 0 Å². The lowest BCUT2D eigenvalue weighted by molar-refractivity contribution is -0.147. The van der Waals surface area contributed by atoms with Crippen molar-refractivity contribution in [3.8, 4) is 0 Å². The smallest absolute Gasteiger partial charge is 0.331 e. The number of benzene rings is 1. The van der Waals surface area contributed by atoms with Crippen molar-refractivity contribution in [3.05, 3.63) is 35.6 Å². The summed E-state index contributed by atoms with van der Waals surface area (Å²) in [6.45, 7) is 0. The highest BCUT2D eigenvalue weighted by Gasteiger charge is 2.38. The molecule has 0 radical (unpaired) electrons. The van der Waals surface area contributed by atoms with Crippen molar-refractivity contribution in [1.82, 2.24) is 4.90 Å². The van der Waals surface area contributed by atoms with E-state index in [1.165, 1.54) is 23.1 Å². The number of rotatable bonds is 5. The van der Waals surface area contributed by atoms with Crippen molar-refractivity contribution >= 4 is 12.4 Å². The number of carboxylic acid groups (broad SMARTS) is 1. The quantitative estimate of drug-likeness (QED) is 0.791. The first-order valence-electron chi connectivity index (χ1n) is 5.35. The molecule has 1 fully saturated rings. The first kappa shape index (κ1) is 11.6. The van der Waals surface area contributed by atoms with Crippen LogP contribution in [0, 0.1) is 5.82 Å². The number of carbonyl (C=O) groups is 2. The third kappa shape index (κ3) is 2.27. The van der Waals surface area contributed by atoms with Gasteiger partial charge in [0.1, 0.15) is 5.82 Å². The van der Waals surface area contributed by atoms with E-state index in [0.717, 1.165) is 12.8 Å². The summed E-state index contributed by atoms with van der Waals surface area (Å²) in [5.74, 6) is -1.82. The summed E-state index contributed by atoms with van der Waals surface area (Å²) in [7, 11) is 0. The third-order valence-corrected chi connectivity index (χ3v) is 2.82. The number of aliphatic carboxylic acids is 1. The second-order valence-electron chi connectivity index (χ2n) is 4.05. The average Bonchev–Trinajstić information content (AvgIpc) is 3.10. The van der Waals surface area contributed by atoms with Crippen LogP contribution in [0.3, 0.4) is 0 Å². The van der Waals surface area contributed by atoms with Gasteiger partial charge in [0.2, 0.25) is 6.41 Å². The first-order chi connectivity index (χ1) is 8.15. The highest BCUT2D eigenvalue weighted by Crippen LogP contribution is 2.34. The van der Waals surface area contributed by atoms with Crippen LogP contribution >= 0.6 is 0 Å². The molecular weight excluding hydrogens is 225 g/mol. The van der Waals surface area contributed by atoms with Crippen LogP contribution in [-0.2, 0) is 9.59 Å². The highest BCUT2D eigenvalue weighted by atomic mass is 19.1. The minimum atomic E-state index is -1.24. The van der Waals surface area contributed by atoms with E-state index in [9.17, 15) is 14.0 Å². The molecule has 1 amide bonds. The number of carbonyl (C=O) groups excluding carboxylic acids is 1. The lowest BCUT2D eigenvalue weighted by Crippen LogP contribution is -2.35. The molecule has 1 aliphatic carbocycles. The van der Waals surface area contributed by atoms with Crippen molar-refractivity contribution in [2.24, 2.45) is 0 Å². The van der Waals surface area contributed by atoms with Gasteiger partial charge in [0.25, 0.3) is 0 Å². The molecule has 1 aromatic carbocycles. The van der Waals surface area contributed by atoms with Crippen molar-refractivity contribution in [2.45, 2.75) is 24.9 Å². The topological polar surface area (TPSA) is 57.6 Å². The maximum atomic E-state index is 13.6. The summed E-state index contributed by atoms with van der Waals surface area (Å²) in [5.41, 5.74) is 0.0269. The second-order valence-corrected chi connectivity index (χ2v) is 4.05. The van der Waals surface area contributed by atoms with Crippen molar-refractivity contribution in [1.29, 1.82) is 0 Å². The molecule has 1 atom stereocenters. The molecule has 1 saturated carbocycles. The van der Waals surface area contributed by atoms with Gasteiger partial charge in [-0.05, 0) is 18.9 Å². The largest absolute Gasteiger partial charge is 0.479 e. The lowest BCUT2D eigenvalue weighted by Gasteiger charge is -2.25. The zero-order valence-electron chi connectivity index (χ0n) is 9.04. The van der Waals surface area contributed by atoms with Gasteiger partial charge in [0.05, 0.1) is 0 Å². The molecule has 0 aliphatic heterocycles. The molecule has 0 bridgehead atoms. The Labute approximate surface area is 97.7 Å². The van der Waals surface area contributed by atoms with Crippen LogP contribution in [0.5, 0.6) is 0 Å². The molecule has 90 valence electrons. The molecule has 1 unspecified atom stereocenters. The number of nitrogens with zero attached hydrogens (tertiary/aromatic N) is 1. The molecule has 2 rings (SSSR count). The maximum Gasteiger partial charge on any atom is 0.331 e. The fourth-order valence-electron chi connectivity index (χ4n) is 1.85. The molecule has 0 aromatic heterocycles. The minimum Gasteiger partial charge on any atom is -0.479 e. The Balaban J connectivity index is 2.37. The summed E-state index contributed by atoms with van der Waals surface area (Å²) in [6.07, 6.45) is 2.04. The number of carboxylic acids is 1. The molecule has 1 N–H and O–H groups in total. The van der Waals surface area contributed by atoms with Gasteiger partial charge in [-0.3, -0.25) is 4.79 Å². The monoisotopic (exact) mass is 237 g/mol. The second kappa shape index (κ2) is 4.53. The molecule has 0 heterocycles. The van der Waals surface area contributed by atoms with Crippen LogP contribution in [0.15, 0.2) is 24.3 Å². The predicted molar refractivity (Wildman–Crippen MR) is 57.7 cm³/mol. The van der Waals surface area contributed by atoms with E-state index in [0.29, 0.717) is 6.41 Å². The Morgan fingerprint density at radius 1 is 1.47 bits per heavy atom. The van der Waals surface area contributed by atoms with Gasteiger partial charge in [-0.15, -0.1) is 0 Å². The van der Waals surface area contributed by atoms with E-state index in [2.05, 4.69) is 0 Å². The fourth-order valence-corrected chi connectivity index (χ4v) is 1.85. The summed E-state index contributed by atoms with van der Waals surface area (Å²) in [6, 6.07) is 4.33.